The van der Waals surface area contributed by atoms with Crippen LogP contribution in [0.25, 0.3) is 0 Å². The number of carbonyl (C=O) groups is 1. The second-order valence-electron chi connectivity index (χ2n) is 6.21. The van der Waals surface area contributed by atoms with Gasteiger partial charge in [-0.2, -0.15) is 10.4 Å². The molecule has 0 saturated heterocycles. The summed E-state index contributed by atoms with van der Waals surface area (Å²) >= 11 is 10.3. The van der Waals surface area contributed by atoms with Gasteiger partial charge in [-0.15, -0.1) is 0 Å². The van der Waals surface area contributed by atoms with Gasteiger partial charge in [-0.1, -0.05) is 12.7 Å². The van der Waals surface area contributed by atoms with Gasteiger partial charge in [-0.3, -0.25) is 4.79 Å². The Labute approximate surface area is 211 Å². The number of aryl methyl sites for hydroxylation is 1. The number of amides is 1. The van der Waals surface area contributed by atoms with Crippen molar-refractivity contribution in [2.75, 3.05) is 20.3 Å². The quantitative estimate of drug-likeness (QED) is 0.230. The molecule has 0 bridgehead atoms. The van der Waals surface area contributed by atoms with Crippen LogP contribution in [-0.4, -0.2) is 37.4 Å². The first-order valence-corrected chi connectivity index (χ1v) is 11.5. The van der Waals surface area contributed by atoms with Crippen LogP contribution in [0.1, 0.15) is 22.4 Å². The number of methoxy groups -OCH3 is 1. The fourth-order valence-corrected chi connectivity index (χ4v) is 4.35. The van der Waals surface area contributed by atoms with Crippen LogP contribution >= 0.6 is 47.8 Å². The van der Waals surface area contributed by atoms with E-state index in [0.717, 1.165) is 14.5 Å². The zero-order valence-electron chi connectivity index (χ0n) is 17.2. The summed E-state index contributed by atoms with van der Waals surface area (Å²) < 4.78 is 18.3. The molecule has 0 aliphatic heterocycles. The molecule has 0 aliphatic carbocycles. The van der Waals surface area contributed by atoms with Gasteiger partial charge in [0.2, 0.25) is 5.88 Å². The SMILES string of the molecule is C=CCOc1c(Br)cc(/C=N/NC(=O)COc2nc(C)c(Br)c(COC)c2C#N)cc1Br. The molecule has 1 N–H and O–H groups in total. The number of rotatable bonds is 10. The van der Waals surface area contributed by atoms with Crippen molar-refractivity contribution in [2.45, 2.75) is 13.5 Å². The van der Waals surface area contributed by atoms with Crippen LogP contribution in [0.5, 0.6) is 11.6 Å². The number of ether oxygens (including phenoxy) is 3. The molecule has 0 aliphatic rings. The molecule has 1 aromatic heterocycles. The highest BCUT2D eigenvalue weighted by molar-refractivity contribution is 9.11. The van der Waals surface area contributed by atoms with Crippen molar-refractivity contribution in [1.29, 1.82) is 5.26 Å². The first-order chi connectivity index (χ1) is 15.3. The number of halogens is 3. The van der Waals surface area contributed by atoms with Crippen molar-refractivity contribution < 1.29 is 19.0 Å². The Kier molecular flexibility index (Phi) is 10.3. The third kappa shape index (κ3) is 6.87. The summed E-state index contributed by atoms with van der Waals surface area (Å²) in [6.07, 6.45) is 3.12. The van der Waals surface area contributed by atoms with Gasteiger partial charge in [0.1, 0.15) is 24.0 Å². The zero-order chi connectivity index (χ0) is 23.7. The van der Waals surface area contributed by atoms with Crippen molar-refractivity contribution in [2.24, 2.45) is 5.10 Å². The van der Waals surface area contributed by atoms with Gasteiger partial charge >= 0.3 is 0 Å². The maximum Gasteiger partial charge on any atom is 0.278 e. The molecule has 11 heteroatoms. The predicted molar refractivity (Wildman–Crippen MR) is 131 cm³/mol. The van der Waals surface area contributed by atoms with Crippen LogP contribution in [0.4, 0.5) is 0 Å². The Balaban J connectivity index is 2.03. The maximum atomic E-state index is 12.1. The lowest BCUT2D eigenvalue weighted by Crippen LogP contribution is -2.25. The first kappa shape index (κ1) is 26.0. The van der Waals surface area contributed by atoms with E-state index in [1.807, 2.05) is 6.07 Å². The third-order valence-electron chi connectivity index (χ3n) is 3.88. The van der Waals surface area contributed by atoms with Gasteiger partial charge < -0.3 is 14.2 Å². The second-order valence-corrected chi connectivity index (χ2v) is 8.71. The average Bonchev–Trinajstić information content (AvgIpc) is 2.75. The van der Waals surface area contributed by atoms with Crippen molar-refractivity contribution in [3.63, 3.8) is 0 Å². The van der Waals surface area contributed by atoms with E-state index >= 15 is 0 Å². The summed E-state index contributed by atoms with van der Waals surface area (Å²) in [4.78, 5) is 16.4. The Morgan fingerprint density at radius 3 is 2.59 bits per heavy atom. The van der Waals surface area contributed by atoms with Crippen molar-refractivity contribution >= 4 is 59.9 Å². The number of pyridine rings is 1. The summed E-state index contributed by atoms with van der Waals surface area (Å²) in [5.41, 5.74) is 4.52. The third-order valence-corrected chi connectivity index (χ3v) is 6.11. The Morgan fingerprint density at radius 2 is 2.00 bits per heavy atom. The molecule has 0 radical (unpaired) electrons. The molecule has 0 fully saturated rings. The van der Waals surface area contributed by atoms with Gasteiger partial charge in [0.25, 0.3) is 5.91 Å². The van der Waals surface area contributed by atoms with Crippen LogP contribution in [0.2, 0.25) is 0 Å². The van der Waals surface area contributed by atoms with Crippen LogP contribution < -0.4 is 14.9 Å². The second kappa shape index (κ2) is 12.7. The average molecular weight is 631 g/mol. The Hall–Kier alpha value is -2.26. The van der Waals surface area contributed by atoms with Gasteiger partial charge in [-0.05, 0) is 72.4 Å². The topological polar surface area (TPSA) is 106 Å². The minimum absolute atomic E-state index is 0.0577. The molecular formula is C21H19Br3N4O4. The lowest BCUT2D eigenvalue weighted by atomic mass is 10.1. The van der Waals surface area contributed by atoms with Gasteiger partial charge in [0.05, 0.1) is 27.5 Å². The summed E-state index contributed by atoms with van der Waals surface area (Å²) in [7, 11) is 1.52. The van der Waals surface area contributed by atoms with Gasteiger partial charge in [-0.25, -0.2) is 10.4 Å². The molecule has 2 rings (SSSR count). The molecule has 1 aromatic carbocycles. The minimum atomic E-state index is -0.509. The predicted octanol–water partition coefficient (Wildman–Crippen LogP) is 4.79. The summed E-state index contributed by atoms with van der Waals surface area (Å²) in [6, 6.07) is 5.63. The number of benzene rings is 1. The normalized spacial score (nSPS) is 10.6. The van der Waals surface area contributed by atoms with E-state index < -0.39 is 5.91 Å². The smallest absolute Gasteiger partial charge is 0.278 e. The zero-order valence-corrected chi connectivity index (χ0v) is 22.0. The van der Waals surface area contributed by atoms with Crippen molar-refractivity contribution in [3.05, 3.63) is 60.6 Å². The van der Waals surface area contributed by atoms with Gasteiger partial charge in [0, 0.05) is 17.1 Å². The fraction of sp³-hybridized carbons (Fsp3) is 0.238. The Morgan fingerprint density at radius 1 is 1.31 bits per heavy atom. The maximum absolute atomic E-state index is 12.1. The highest BCUT2D eigenvalue weighted by Gasteiger charge is 2.18. The minimum Gasteiger partial charge on any atom is -0.487 e. The van der Waals surface area contributed by atoms with Crippen LogP contribution in [-0.2, 0) is 16.1 Å². The fourth-order valence-electron chi connectivity index (χ4n) is 2.49. The molecule has 2 aromatic rings. The van der Waals surface area contributed by atoms with E-state index in [0.29, 0.717) is 28.1 Å². The Bertz CT molecular complexity index is 1060. The van der Waals surface area contributed by atoms with E-state index in [4.69, 9.17) is 14.2 Å². The standard InChI is InChI=1S/C21H19Br3N4O4/c1-4-5-31-20-16(22)6-13(7-17(20)23)9-26-28-18(29)11-32-21-14(8-25)15(10-30-3)19(24)12(2)27-21/h4,6-7,9H,1,5,10-11H2,2-3H3,(H,28,29)/b26-9+. The number of nitriles is 1. The number of hydrogen-bond acceptors (Lipinski definition) is 7. The van der Waals surface area contributed by atoms with Crippen molar-refractivity contribution in [3.8, 4) is 17.7 Å². The lowest BCUT2D eigenvalue weighted by molar-refractivity contribution is -0.123. The molecule has 0 saturated carbocycles. The lowest BCUT2D eigenvalue weighted by Gasteiger charge is -2.13. The largest absolute Gasteiger partial charge is 0.487 e. The van der Waals surface area contributed by atoms with Crippen LogP contribution in [0.15, 0.2) is 43.3 Å². The van der Waals surface area contributed by atoms with Crippen molar-refractivity contribution in [1.82, 2.24) is 10.4 Å². The summed E-state index contributed by atoms with van der Waals surface area (Å²) in [5, 5.41) is 13.4. The van der Waals surface area contributed by atoms with E-state index in [2.05, 4.69) is 69.9 Å². The number of nitrogens with zero attached hydrogens (tertiary/aromatic N) is 3. The van der Waals surface area contributed by atoms with E-state index in [1.54, 1.807) is 25.1 Å². The summed E-state index contributed by atoms with van der Waals surface area (Å²) in [5.74, 6) is 0.185. The van der Waals surface area contributed by atoms with E-state index in [1.165, 1.54) is 13.3 Å². The molecule has 0 spiro atoms. The molecule has 0 unspecified atom stereocenters. The van der Waals surface area contributed by atoms with Gasteiger partial charge in [0.15, 0.2) is 6.61 Å². The molecule has 1 heterocycles. The molecule has 8 nitrogen and oxygen atoms in total. The number of carbonyl (C=O) groups excluding carboxylic acids is 1. The highest BCUT2D eigenvalue weighted by Crippen LogP contribution is 2.34. The number of aromatic nitrogens is 1. The molecule has 0 atom stereocenters. The molecular weight excluding hydrogens is 612 g/mol. The summed E-state index contributed by atoms with van der Waals surface area (Å²) in [6.45, 7) is 5.57. The highest BCUT2D eigenvalue weighted by atomic mass is 79.9. The number of hydrogen-bond donors (Lipinski definition) is 1. The van der Waals surface area contributed by atoms with E-state index in [-0.39, 0.29) is 24.7 Å². The molecule has 32 heavy (non-hydrogen) atoms. The molecule has 1 amide bonds. The monoisotopic (exact) mass is 628 g/mol. The molecule has 168 valence electrons. The number of hydrazone groups is 1. The number of nitrogens with one attached hydrogen (secondary N) is 1. The van der Waals surface area contributed by atoms with Crippen LogP contribution in [0.3, 0.4) is 0 Å². The van der Waals surface area contributed by atoms with E-state index in [9.17, 15) is 10.1 Å². The first-order valence-electron chi connectivity index (χ1n) is 9.07. The van der Waals surface area contributed by atoms with Crippen LogP contribution in [0, 0.1) is 18.3 Å².